The van der Waals surface area contributed by atoms with Crippen LogP contribution in [0.2, 0.25) is 0 Å². The van der Waals surface area contributed by atoms with E-state index in [2.05, 4.69) is 15.3 Å². The number of nitrogens with one attached hydrogen (secondary N) is 1. The predicted octanol–water partition coefficient (Wildman–Crippen LogP) is 6.63. The summed E-state index contributed by atoms with van der Waals surface area (Å²) in [7, 11) is 3.31. The molecule has 2 aromatic carbocycles. The zero-order valence-electron chi connectivity index (χ0n) is 22.0. The van der Waals surface area contributed by atoms with Crippen LogP contribution in [0.25, 0.3) is 10.9 Å². The van der Waals surface area contributed by atoms with Crippen LogP contribution in [0.5, 0.6) is 11.5 Å². The van der Waals surface area contributed by atoms with E-state index in [9.17, 15) is 26.3 Å². The summed E-state index contributed by atoms with van der Waals surface area (Å²) in [5, 5.41) is 3.52. The molecule has 6 nitrogen and oxygen atoms in total. The lowest BCUT2D eigenvalue weighted by Gasteiger charge is -2.37. The highest BCUT2D eigenvalue weighted by atomic mass is 19.4. The molecule has 4 rings (SSSR count). The number of fused-ring (bicyclic) bond motifs is 1. The van der Waals surface area contributed by atoms with Gasteiger partial charge in [-0.25, -0.2) is 23.1 Å². The average Bonchev–Trinajstić information content (AvgIpc) is 2.82. The molecule has 1 aliphatic carbocycles. The van der Waals surface area contributed by atoms with Gasteiger partial charge in [0.25, 0.3) is 0 Å². The molecule has 0 radical (unpaired) electrons. The Hall–Kier alpha value is -3.28. The number of rotatable bonds is 10. The van der Waals surface area contributed by atoms with E-state index in [1.165, 1.54) is 20.1 Å². The fourth-order valence-electron chi connectivity index (χ4n) is 4.78. The van der Waals surface area contributed by atoms with Crippen molar-refractivity contribution in [2.75, 3.05) is 39.2 Å². The summed E-state index contributed by atoms with van der Waals surface area (Å²) in [6, 6.07) is 5.59. The number of anilines is 1. The van der Waals surface area contributed by atoms with Crippen molar-refractivity contribution in [3.05, 3.63) is 53.1 Å². The third-order valence-corrected chi connectivity index (χ3v) is 6.72. The largest absolute Gasteiger partial charge is 0.493 e. The quantitative estimate of drug-likeness (QED) is 0.283. The number of halogens is 6. The monoisotopic (exact) mass is 556 g/mol. The molecule has 1 aliphatic rings. The number of ether oxygens (including phenoxy) is 2. The standard InChI is InChI=1S/C27H30F6N4O2/c1-15(18-6-5-7-20(24(18)28)27(31,32)33)34-25-19-10-23(22(38-4)11-21(19)35-16(2)36-25)39-9-8-37(3)14-17-12-26(29,30)13-17/h5-7,10-11,15,17H,8-9,12-14H2,1-4H3,(H,34,35,36)/t15-/m1/s1. The van der Waals surface area contributed by atoms with Crippen LogP contribution >= 0.6 is 0 Å². The number of aryl methyl sites for hydroxylation is 1. The molecule has 39 heavy (non-hydrogen) atoms. The molecule has 1 heterocycles. The van der Waals surface area contributed by atoms with Crippen molar-refractivity contribution < 1.29 is 35.8 Å². The maximum Gasteiger partial charge on any atom is 0.419 e. The van der Waals surface area contributed by atoms with Gasteiger partial charge in [-0.05, 0) is 38.9 Å². The number of likely N-dealkylation sites (N-methyl/N-ethyl adjacent to an activating group) is 1. The van der Waals surface area contributed by atoms with E-state index < -0.39 is 29.5 Å². The van der Waals surface area contributed by atoms with Gasteiger partial charge in [-0.2, -0.15) is 13.2 Å². The van der Waals surface area contributed by atoms with Crippen molar-refractivity contribution in [3.8, 4) is 11.5 Å². The molecule has 1 saturated carbocycles. The molecular formula is C27H30F6N4O2. The Morgan fingerprint density at radius 2 is 1.87 bits per heavy atom. The molecule has 1 N–H and O–H groups in total. The Kier molecular flexibility index (Phi) is 8.15. The van der Waals surface area contributed by atoms with Crippen molar-refractivity contribution in [3.63, 3.8) is 0 Å². The molecular weight excluding hydrogens is 526 g/mol. The van der Waals surface area contributed by atoms with Gasteiger partial charge in [-0.3, -0.25) is 0 Å². The average molecular weight is 557 g/mol. The van der Waals surface area contributed by atoms with Crippen LogP contribution in [-0.4, -0.2) is 54.6 Å². The highest BCUT2D eigenvalue weighted by Gasteiger charge is 2.45. The van der Waals surface area contributed by atoms with E-state index in [1.54, 1.807) is 19.1 Å². The van der Waals surface area contributed by atoms with E-state index in [-0.39, 0.29) is 36.7 Å². The Bertz CT molecular complexity index is 1330. The van der Waals surface area contributed by atoms with Crippen molar-refractivity contribution >= 4 is 16.7 Å². The lowest BCUT2D eigenvalue weighted by atomic mass is 9.81. The number of hydrogen-bond donors (Lipinski definition) is 1. The molecule has 0 spiro atoms. The minimum atomic E-state index is -4.82. The summed E-state index contributed by atoms with van der Waals surface area (Å²) in [4.78, 5) is 10.7. The predicted molar refractivity (Wildman–Crippen MR) is 135 cm³/mol. The summed E-state index contributed by atoms with van der Waals surface area (Å²) >= 11 is 0. The number of nitrogens with zero attached hydrogens (tertiary/aromatic N) is 3. The summed E-state index contributed by atoms with van der Waals surface area (Å²) in [6.07, 6.45) is -5.03. The Morgan fingerprint density at radius 1 is 1.15 bits per heavy atom. The van der Waals surface area contributed by atoms with E-state index in [1.807, 2.05) is 11.9 Å². The molecule has 0 unspecified atom stereocenters. The summed E-state index contributed by atoms with van der Waals surface area (Å²) in [5.74, 6) is -2.49. The van der Waals surface area contributed by atoms with Crippen LogP contribution < -0.4 is 14.8 Å². The SMILES string of the molecule is COc1cc2nc(C)nc(N[C@H](C)c3cccc(C(F)(F)F)c3F)c2cc1OCCN(C)CC1CC(F)(F)C1. The van der Waals surface area contributed by atoms with Gasteiger partial charge in [-0.1, -0.05) is 12.1 Å². The lowest BCUT2D eigenvalue weighted by molar-refractivity contribution is -0.140. The van der Waals surface area contributed by atoms with E-state index >= 15 is 0 Å². The molecule has 0 amide bonds. The van der Waals surface area contributed by atoms with Gasteiger partial charge in [0.15, 0.2) is 11.5 Å². The van der Waals surface area contributed by atoms with Gasteiger partial charge in [-0.15, -0.1) is 0 Å². The summed E-state index contributed by atoms with van der Waals surface area (Å²) in [5.41, 5.74) is -1.01. The molecule has 0 bridgehead atoms. The Labute approximate surface area is 222 Å². The fourth-order valence-corrected chi connectivity index (χ4v) is 4.78. The third-order valence-electron chi connectivity index (χ3n) is 6.72. The number of methoxy groups -OCH3 is 1. The van der Waals surface area contributed by atoms with Crippen LogP contribution in [0.1, 0.15) is 42.8 Å². The van der Waals surface area contributed by atoms with Gasteiger partial charge in [0.2, 0.25) is 5.92 Å². The van der Waals surface area contributed by atoms with Gasteiger partial charge in [0, 0.05) is 42.9 Å². The fraction of sp³-hybridized carbons (Fsp3) is 0.481. The van der Waals surface area contributed by atoms with E-state index in [4.69, 9.17) is 9.47 Å². The summed E-state index contributed by atoms with van der Waals surface area (Å²) in [6.45, 7) is 4.48. The molecule has 1 atom stereocenters. The van der Waals surface area contributed by atoms with Gasteiger partial charge in [0.1, 0.15) is 24.1 Å². The molecule has 212 valence electrons. The minimum absolute atomic E-state index is 0.0436. The molecule has 1 aromatic heterocycles. The highest BCUT2D eigenvalue weighted by Crippen LogP contribution is 2.42. The first-order valence-corrected chi connectivity index (χ1v) is 12.4. The first kappa shape index (κ1) is 28.7. The van der Waals surface area contributed by atoms with Crippen LogP contribution in [0.3, 0.4) is 0 Å². The second-order valence-electron chi connectivity index (χ2n) is 9.95. The normalized spacial score (nSPS) is 16.3. The van der Waals surface area contributed by atoms with E-state index in [0.29, 0.717) is 47.4 Å². The van der Waals surface area contributed by atoms with Crippen molar-refractivity contribution in [1.82, 2.24) is 14.9 Å². The Morgan fingerprint density at radius 3 is 2.51 bits per heavy atom. The summed E-state index contributed by atoms with van der Waals surface area (Å²) < 4.78 is 92.0. The van der Waals surface area contributed by atoms with Crippen LogP contribution in [-0.2, 0) is 6.18 Å². The van der Waals surface area contributed by atoms with Gasteiger partial charge < -0.3 is 19.7 Å². The first-order chi connectivity index (χ1) is 18.3. The maximum atomic E-state index is 14.8. The maximum absolute atomic E-state index is 14.8. The number of hydrogen-bond acceptors (Lipinski definition) is 6. The lowest BCUT2D eigenvalue weighted by Crippen LogP contribution is -2.42. The highest BCUT2D eigenvalue weighted by molar-refractivity contribution is 5.92. The van der Waals surface area contributed by atoms with Gasteiger partial charge >= 0.3 is 6.18 Å². The van der Waals surface area contributed by atoms with Crippen LogP contribution in [0, 0.1) is 18.7 Å². The smallest absolute Gasteiger partial charge is 0.419 e. The zero-order valence-corrected chi connectivity index (χ0v) is 22.0. The van der Waals surface area contributed by atoms with Gasteiger partial charge in [0.05, 0.1) is 24.2 Å². The van der Waals surface area contributed by atoms with Crippen molar-refractivity contribution in [2.45, 2.75) is 44.8 Å². The second kappa shape index (κ2) is 11.1. The molecule has 12 heteroatoms. The van der Waals surface area contributed by atoms with Crippen molar-refractivity contribution in [2.24, 2.45) is 5.92 Å². The minimum Gasteiger partial charge on any atom is -0.493 e. The third kappa shape index (κ3) is 6.66. The molecule has 0 saturated heterocycles. The molecule has 1 fully saturated rings. The molecule has 3 aromatic rings. The first-order valence-electron chi connectivity index (χ1n) is 12.4. The number of aromatic nitrogens is 2. The van der Waals surface area contributed by atoms with Crippen LogP contribution in [0.15, 0.2) is 30.3 Å². The molecule has 0 aliphatic heterocycles. The zero-order chi connectivity index (χ0) is 28.5. The number of alkyl halides is 5. The second-order valence-corrected chi connectivity index (χ2v) is 9.95. The van der Waals surface area contributed by atoms with E-state index in [0.717, 1.165) is 6.07 Å². The van der Waals surface area contributed by atoms with Crippen LogP contribution in [0.4, 0.5) is 32.2 Å². The van der Waals surface area contributed by atoms with Crippen molar-refractivity contribution in [1.29, 1.82) is 0 Å². The number of benzene rings is 2. The topological polar surface area (TPSA) is 59.5 Å². The Balaban J connectivity index is 1.54.